The van der Waals surface area contributed by atoms with Gasteiger partial charge in [0.05, 0.1) is 5.39 Å². The van der Waals surface area contributed by atoms with Gasteiger partial charge in [-0.2, -0.15) is 0 Å². The molecule has 0 saturated heterocycles. The number of carbonyl (C=O) groups excluding carboxylic acids is 1. The predicted molar refractivity (Wildman–Crippen MR) is 78.6 cm³/mol. The molecule has 5 nitrogen and oxygen atoms in total. The lowest BCUT2D eigenvalue weighted by molar-refractivity contribution is -0.117. The number of H-pyrrole nitrogens is 1. The normalized spacial score (nSPS) is 14.4. The van der Waals surface area contributed by atoms with Crippen LogP contribution in [-0.2, 0) is 24.2 Å². The second-order valence-electron chi connectivity index (χ2n) is 5.25. The smallest absolute Gasteiger partial charge is 0.300 e. The lowest BCUT2D eigenvalue weighted by Gasteiger charge is -2.10. The summed E-state index contributed by atoms with van der Waals surface area (Å²) in [7, 11) is 0. The van der Waals surface area contributed by atoms with E-state index in [2.05, 4.69) is 4.98 Å². The number of fused-ring (bicyclic) bond motifs is 3. The number of aryl methyl sites for hydroxylation is 2. The van der Waals surface area contributed by atoms with Crippen LogP contribution in [0, 0.1) is 0 Å². The van der Waals surface area contributed by atoms with Crippen molar-refractivity contribution in [2.45, 2.75) is 45.6 Å². The van der Waals surface area contributed by atoms with E-state index in [1.807, 2.05) is 0 Å². The number of nitrogens with one attached hydrogen (secondary N) is 1. The van der Waals surface area contributed by atoms with Crippen molar-refractivity contribution in [3.05, 3.63) is 31.3 Å². The zero-order valence-electron chi connectivity index (χ0n) is 11.3. The van der Waals surface area contributed by atoms with Crippen LogP contribution >= 0.6 is 11.3 Å². The summed E-state index contributed by atoms with van der Waals surface area (Å²) in [6, 6.07) is 0. The Bertz CT molecular complexity index is 797. The van der Waals surface area contributed by atoms with E-state index in [0.717, 1.165) is 35.8 Å². The quantitative estimate of drug-likeness (QED) is 0.934. The molecule has 6 heteroatoms. The summed E-state index contributed by atoms with van der Waals surface area (Å²) < 4.78 is 1.16. The second kappa shape index (κ2) is 5.01. The molecule has 0 radical (unpaired) electrons. The Morgan fingerprint density at radius 3 is 2.80 bits per heavy atom. The van der Waals surface area contributed by atoms with Crippen LogP contribution in [0.5, 0.6) is 0 Å². The molecule has 20 heavy (non-hydrogen) atoms. The minimum absolute atomic E-state index is 0.0243. The topological polar surface area (TPSA) is 71.9 Å². The van der Waals surface area contributed by atoms with Gasteiger partial charge < -0.3 is 0 Å². The molecule has 1 N–H and O–H groups in total. The largest absolute Gasteiger partial charge is 0.329 e. The van der Waals surface area contributed by atoms with Crippen molar-refractivity contribution in [3.63, 3.8) is 0 Å². The van der Waals surface area contributed by atoms with Crippen molar-refractivity contribution >= 4 is 27.3 Å². The summed E-state index contributed by atoms with van der Waals surface area (Å²) in [5.41, 5.74) is 0.445. The Morgan fingerprint density at radius 2 is 2.05 bits per heavy atom. The zero-order chi connectivity index (χ0) is 14.3. The van der Waals surface area contributed by atoms with E-state index in [-0.39, 0.29) is 24.3 Å². The number of ketones is 1. The monoisotopic (exact) mass is 292 g/mol. The van der Waals surface area contributed by atoms with Crippen LogP contribution in [0.2, 0.25) is 0 Å². The third-order valence-corrected chi connectivity index (χ3v) is 4.99. The number of hydrogen-bond acceptors (Lipinski definition) is 4. The Kier molecular flexibility index (Phi) is 3.33. The summed E-state index contributed by atoms with van der Waals surface area (Å²) in [5.74, 6) is -0.0243. The third-order valence-electron chi connectivity index (χ3n) is 3.78. The van der Waals surface area contributed by atoms with Crippen LogP contribution in [0.4, 0.5) is 0 Å². The van der Waals surface area contributed by atoms with Gasteiger partial charge in [0.2, 0.25) is 0 Å². The third kappa shape index (κ3) is 2.14. The maximum atomic E-state index is 12.5. The fraction of sp³-hybridized carbons (Fsp3) is 0.500. The molecule has 2 aromatic rings. The maximum absolute atomic E-state index is 12.5. The molecule has 0 saturated carbocycles. The average molecular weight is 292 g/mol. The van der Waals surface area contributed by atoms with Crippen LogP contribution in [0.1, 0.15) is 36.6 Å². The van der Waals surface area contributed by atoms with E-state index in [0.29, 0.717) is 10.2 Å². The molecule has 0 aliphatic heterocycles. The molecule has 0 amide bonds. The number of rotatable bonds is 3. The lowest BCUT2D eigenvalue weighted by Crippen LogP contribution is -2.35. The van der Waals surface area contributed by atoms with Gasteiger partial charge in [-0.05, 0) is 38.2 Å². The van der Waals surface area contributed by atoms with Crippen molar-refractivity contribution in [1.29, 1.82) is 0 Å². The van der Waals surface area contributed by atoms with Crippen molar-refractivity contribution in [2.24, 2.45) is 0 Å². The second-order valence-corrected chi connectivity index (χ2v) is 6.36. The summed E-state index contributed by atoms with van der Waals surface area (Å²) in [6.07, 6.45) is 4.33. The number of thiophene rings is 1. The van der Waals surface area contributed by atoms with E-state index in [9.17, 15) is 14.4 Å². The van der Waals surface area contributed by atoms with Gasteiger partial charge in [0.15, 0.2) is 0 Å². The van der Waals surface area contributed by atoms with Gasteiger partial charge in [-0.3, -0.25) is 19.1 Å². The zero-order valence-corrected chi connectivity index (χ0v) is 12.1. The van der Waals surface area contributed by atoms with Gasteiger partial charge in [-0.15, -0.1) is 11.3 Å². The molecule has 1 aliphatic rings. The van der Waals surface area contributed by atoms with Crippen LogP contribution in [0.3, 0.4) is 0 Å². The molecule has 2 heterocycles. The van der Waals surface area contributed by atoms with Crippen LogP contribution in [0.25, 0.3) is 10.2 Å². The van der Waals surface area contributed by atoms with Gasteiger partial charge >= 0.3 is 5.69 Å². The average Bonchev–Trinajstić information content (AvgIpc) is 2.75. The molecule has 2 aromatic heterocycles. The van der Waals surface area contributed by atoms with E-state index in [4.69, 9.17) is 0 Å². The molecular formula is C14H16N2O3S. The lowest BCUT2D eigenvalue weighted by atomic mass is 9.97. The fourth-order valence-corrected chi connectivity index (χ4v) is 4.02. The molecule has 0 spiro atoms. The van der Waals surface area contributed by atoms with Crippen molar-refractivity contribution in [2.75, 3.05) is 0 Å². The molecule has 0 unspecified atom stereocenters. The van der Waals surface area contributed by atoms with Gasteiger partial charge in [0.1, 0.15) is 10.6 Å². The van der Waals surface area contributed by atoms with Crippen molar-refractivity contribution in [1.82, 2.24) is 9.55 Å². The number of hydrogen-bond donors (Lipinski definition) is 1. The number of Topliss-reactive ketones (excluding diaryl/α,β-unsaturated/α-hetero) is 1. The molecule has 3 rings (SSSR count). The Hall–Kier alpha value is -1.69. The predicted octanol–water partition coefficient (Wildman–Crippen LogP) is 1.61. The minimum atomic E-state index is -0.414. The maximum Gasteiger partial charge on any atom is 0.329 e. The van der Waals surface area contributed by atoms with Crippen molar-refractivity contribution in [3.8, 4) is 0 Å². The first-order valence-corrected chi connectivity index (χ1v) is 7.66. The van der Waals surface area contributed by atoms with E-state index >= 15 is 0 Å². The SMILES string of the molecule is CC(=O)CCn1c(=O)[nH]c2sc3c(c2c1=O)CCCC3. The highest BCUT2D eigenvalue weighted by molar-refractivity contribution is 7.18. The highest BCUT2D eigenvalue weighted by Crippen LogP contribution is 2.32. The molecule has 1 aliphatic carbocycles. The van der Waals surface area contributed by atoms with Crippen LogP contribution < -0.4 is 11.2 Å². The van der Waals surface area contributed by atoms with Gasteiger partial charge in [-0.25, -0.2) is 4.79 Å². The molecular weight excluding hydrogens is 276 g/mol. The van der Waals surface area contributed by atoms with E-state index in [1.165, 1.54) is 23.1 Å². The molecule has 0 aromatic carbocycles. The summed E-state index contributed by atoms with van der Waals surface area (Å²) in [5, 5.41) is 0.660. The fourth-order valence-electron chi connectivity index (χ4n) is 2.74. The number of nitrogens with zero attached hydrogens (tertiary/aromatic N) is 1. The van der Waals surface area contributed by atoms with Gasteiger partial charge in [-0.1, -0.05) is 0 Å². The number of aromatic nitrogens is 2. The first kappa shape index (κ1) is 13.3. The summed E-state index contributed by atoms with van der Waals surface area (Å²) in [4.78, 5) is 40.3. The number of carbonyl (C=O) groups is 1. The van der Waals surface area contributed by atoms with Crippen LogP contribution in [-0.4, -0.2) is 15.3 Å². The number of aromatic amines is 1. The van der Waals surface area contributed by atoms with Gasteiger partial charge in [0.25, 0.3) is 5.56 Å². The Morgan fingerprint density at radius 1 is 1.30 bits per heavy atom. The van der Waals surface area contributed by atoms with Crippen molar-refractivity contribution < 1.29 is 4.79 Å². The van der Waals surface area contributed by atoms with Gasteiger partial charge in [0, 0.05) is 17.8 Å². The summed E-state index contributed by atoms with van der Waals surface area (Å²) in [6.45, 7) is 1.62. The molecule has 0 atom stereocenters. The molecule has 0 fully saturated rings. The first-order valence-electron chi connectivity index (χ1n) is 6.84. The van der Waals surface area contributed by atoms with Crippen LogP contribution in [0.15, 0.2) is 9.59 Å². The van der Waals surface area contributed by atoms with E-state index < -0.39 is 5.69 Å². The standard InChI is InChI=1S/C14H16N2O3S/c1-8(17)6-7-16-13(18)11-9-4-2-3-5-10(9)20-12(11)15-14(16)19/h2-7H2,1H3,(H,15,19). The summed E-state index contributed by atoms with van der Waals surface area (Å²) >= 11 is 1.53. The van der Waals surface area contributed by atoms with E-state index in [1.54, 1.807) is 0 Å². The first-order chi connectivity index (χ1) is 9.58. The Labute approximate surface area is 119 Å². The highest BCUT2D eigenvalue weighted by atomic mass is 32.1. The minimum Gasteiger partial charge on any atom is -0.300 e. The molecule has 0 bridgehead atoms. The highest BCUT2D eigenvalue weighted by Gasteiger charge is 2.20. The Balaban J connectivity index is 2.20. The molecule has 106 valence electrons.